The summed E-state index contributed by atoms with van der Waals surface area (Å²) in [5.74, 6) is -1.77. The van der Waals surface area contributed by atoms with Gasteiger partial charge >= 0.3 is 5.97 Å². The fourth-order valence-electron chi connectivity index (χ4n) is 2.43. The van der Waals surface area contributed by atoms with Crippen LogP contribution in [0.4, 0.5) is 11.4 Å². The number of halogens is 1. The Balaban J connectivity index is 3.45. The highest BCUT2D eigenvalue weighted by atomic mass is 127. The Hall–Kier alpha value is -2.36. The number of carboxylic acids is 1. The average molecular weight is 484 g/mol. The molecule has 0 saturated carbocycles. The summed E-state index contributed by atoms with van der Waals surface area (Å²) in [5, 5.41) is 29.6. The minimum atomic E-state index is -1.08. The highest BCUT2D eigenvalue weighted by Gasteiger charge is 2.27. The van der Waals surface area contributed by atoms with Crippen LogP contribution in [0.1, 0.15) is 22.3 Å². The minimum Gasteiger partial charge on any atom is -0.481 e. The van der Waals surface area contributed by atoms with E-state index in [1.54, 1.807) is 4.90 Å². The van der Waals surface area contributed by atoms with Crippen molar-refractivity contribution in [1.82, 2.24) is 4.90 Å². The third-order valence-electron chi connectivity index (χ3n) is 3.76. The lowest BCUT2D eigenvalue weighted by molar-refractivity contribution is -0.385. The van der Waals surface area contributed by atoms with E-state index >= 15 is 0 Å². The van der Waals surface area contributed by atoms with Crippen molar-refractivity contribution in [3.63, 3.8) is 0 Å². The van der Waals surface area contributed by atoms with Crippen LogP contribution in [0.15, 0.2) is 12.1 Å². The lowest BCUT2D eigenvalue weighted by Crippen LogP contribution is -2.31. The largest absolute Gasteiger partial charge is 0.481 e. The van der Waals surface area contributed by atoms with Crippen LogP contribution in [0.3, 0.4) is 0 Å². The van der Waals surface area contributed by atoms with E-state index in [1.807, 2.05) is 6.07 Å². The van der Waals surface area contributed by atoms with E-state index in [9.17, 15) is 25.0 Å². The van der Waals surface area contributed by atoms with Crippen molar-refractivity contribution in [1.29, 1.82) is 5.26 Å². The Bertz CT molecular complexity index is 762. The quantitative estimate of drug-likeness (QED) is 0.177. The average Bonchev–Trinajstić information content (AvgIpc) is 2.64. The number of hydrogen-bond acceptors (Lipinski definition) is 6. The number of nitro benzene ring substituents is 1. The van der Waals surface area contributed by atoms with Crippen LogP contribution in [0.25, 0.3) is 0 Å². The highest BCUT2D eigenvalue weighted by molar-refractivity contribution is 14.1. The van der Waals surface area contributed by atoms with Crippen LogP contribution < -0.4 is 4.90 Å². The molecule has 0 saturated heterocycles. The molecule has 0 aliphatic carbocycles. The second-order valence-electron chi connectivity index (χ2n) is 5.59. The van der Waals surface area contributed by atoms with Crippen LogP contribution >= 0.6 is 22.6 Å². The molecule has 1 aromatic rings. The van der Waals surface area contributed by atoms with E-state index in [1.165, 1.54) is 13.1 Å². The molecule has 27 heavy (non-hydrogen) atoms. The van der Waals surface area contributed by atoms with Crippen molar-refractivity contribution in [3.8, 4) is 6.07 Å². The number of aliphatic carboxylic acids is 1. The fourth-order valence-corrected chi connectivity index (χ4v) is 3.01. The standard InChI is InChI=1S/C16H18BIN4O5/c1-20(5-2-15(23)24)16(25)12-9-13(21(6-3-17)7-4-18)11(10-19)8-14(12)22(26)27/h8-9H,2-7H2,1H3,(H,23,24). The molecule has 2 radical (unpaired) electrons. The molecule has 0 aliphatic rings. The number of carbonyl (C=O) groups excluding carboxylic acids is 1. The smallest absolute Gasteiger partial charge is 0.305 e. The molecule has 0 heterocycles. The van der Waals surface area contributed by atoms with Gasteiger partial charge in [-0.2, -0.15) is 5.26 Å². The Morgan fingerprint density at radius 2 is 2.04 bits per heavy atom. The SMILES string of the molecule is [B]CCN(CCI)c1cc(C(=O)N(C)CCC(=O)O)c([N+](=O)[O-])cc1C#N. The van der Waals surface area contributed by atoms with Gasteiger partial charge in [-0.15, -0.1) is 0 Å². The zero-order valence-corrected chi connectivity index (χ0v) is 16.9. The van der Waals surface area contributed by atoms with Gasteiger partial charge in [0.15, 0.2) is 0 Å². The maximum atomic E-state index is 12.7. The van der Waals surface area contributed by atoms with E-state index in [0.717, 1.165) is 15.4 Å². The molecule has 0 fully saturated rings. The van der Waals surface area contributed by atoms with Gasteiger partial charge in [0.2, 0.25) is 0 Å². The summed E-state index contributed by atoms with van der Waals surface area (Å²) >= 11 is 2.16. The molecule has 0 spiro atoms. The lowest BCUT2D eigenvalue weighted by atomic mass is 10.0. The number of amides is 1. The Morgan fingerprint density at radius 3 is 2.52 bits per heavy atom. The molecular formula is C16H18BIN4O5. The Morgan fingerprint density at radius 1 is 1.37 bits per heavy atom. The van der Waals surface area contributed by atoms with Crippen LogP contribution in [-0.2, 0) is 4.79 Å². The van der Waals surface area contributed by atoms with E-state index in [-0.39, 0.29) is 24.1 Å². The summed E-state index contributed by atoms with van der Waals surface area (Å²) in [5.41, 5.74) is -0.230. The van der Waals surface area contributed by atoms with Crippen molar-refractivity contribution in [2.75, 3.05) is 36.0 Å². The zero-order chi connectivity index (χ0) is 20.6. The second kappa shape index (κ2) is 10.7. The maximum absolute atomic E-state index is 12.7. The van der Waals surface area contributed by atoms with Gasteiger partial charge in [0.1, 0.15) is 11.6 Å². The highest BCUT2D eigenvalue weighted by Crippen LogP contribution is 2.30. The fraction of sp³-hybridized carbons (Fsp3) is 0.438. The van der Waals surface area contributed by atoms with Gasteiger partial charge in [0, 0.05) is 37.2 Å². The van der Waals surface area contributed by atoms with Crippen LogP contribution in [0.2, 0.25) is 6.32 Å². The number of alkyl halides is 1. The summed E-state index contributed by atoms with van der Waals surface area (Å²) in [6, 6.07) is 4.32. The van der Waals surface area contributed by atoms with Gasteiger partial charge in [-0.25, -0.2) is 0 Å². The van der Waals surface area contributed by atoms with E-state index in [0.29, 0.717) is 25.1 Å². The first-order chi connectivity index (χ1) is 12.8. The van der Waals surface area contributed by atoms with Crippen LogP contribution in [0, 0.1) is 21.4 Å². The number of carboxylic acid groups (broad SMARTS) is 1. The molecule has 1 aromatic carbocycles. The number of anilines is 1. The summed E-state index contributed by atoms with van der Waals surface area (Å²) in [4.78, 5) is 37.0. The summed E-state index contributed by atoms with van der Waals surface area (Å²) in [7, 11) is 6.99. The first-order valence-corrected chi connectivity index (χ1v) is 9.50. The lowest BCUT2D eigenvalue weighted by Gasteiger charge is -2.25. The topological polar surface area (TPSA) is 128 Å². The number of nitriles is 1. The summed E-state index contributed by atoms with van der Waals surface area (Å²) in [6.45, 7) is 0.867. The van der Waals surface area contributed by atoms with Crippen LogP contribution in [-0.4, -0.2) is 65.8 Å². The predicted octanol–water partition coefficient (Wildman–Crippen LogP) is 1.84. The Labute approximate surface area is 171 Å². The van der Waals surface area contributed by atoms with Gasteiger partial charge in [-0.1, -0.05) is 28.9 Å². The molecule has 11 heteroatoms. The van der Waals surface area contributed by atoms with Gasteiger partial charge in [-0.05, 0) is 6.07 Å². The number of hydrogen-bond donors (Lipinski definition) is 1. The Kier molecular flexibility index (Phi) is 9.00. The maximum Gasteiger partial charge on any atom is 0.305 e. The van der Waals surface area contributed by atoms with Gasteiger partial charge < -0.3 is 14.9 Å². The van der Waals surface area contributed by atoms with E-state index in [2.05, 4.69) is 22.6 Å². The first-order valence-electron chi connectivity index (χ1n) is 7.97. The van der Waals surface area contributed by atoms with E-state index in [4.69, 9.17) is 13.0 Å². The zero-order valence-electron chi connectivity index (χ0n) is 14.7. The molecule has 142 valence electrons. The van der Waals surface area contributed by atoms with Crippen molar-refractivity contribution in [2.24, 2.45) is 0 Å². The molecule has 1 amide bonds. The molecule has 0 atom stereocenters. The third-order valence-corrected chi connectivity index (χ3v) is 4.25. The van der Waals surface area contributed by atoms with Crippen molar-refractivity contribution >= 4 is 53.7 Å². The molecule has 0 unspecified atom stereocenters. The number of carbonyl (C=O) groups is 2. The first kappa shape index (κ1) is 22.7. The molecule has 1 rings (SSSR count). The monoisotopic (exact) mass is 484 g/mol. The molecule has 0 aliphatic heterocycles. The minimum absolute atomic E-state index is 0.0738. The normalized spacial score (nSPS) is 10.1. The summed E-state index contributed by atoms with van der Waals surface area (Å²) in [6.07, 6.45) is 0.0214. The van der Waals surface area contributed by atoms with Crippen molar-refractivity contribution < 1.29 is 19.6 Å². The van der Waals surface area contributed by atoms with Gasteiger partial charge in [0.25, 0.3) is 11.6 Å². The van der Waals surface area contributed by atoms with Crippen molar-refractivity contribution in [2.45, 2.75) is 12.7 Å². The number of nitrogens with zero attached hydrogens (tertiary/aromatic N) is 4. The second-order valence-corrected chi connectivity index (χ2v) is 6.67. The van der Waals surface area contributed by atoms with Crippen LogP contribution in [0.5, 0.6) is 0 Å². The molecular weight excluding hydrogens is 466 g/mol. The molecule has 9 nitrogen and oxygen atoms in total. The number of nitro groups is 1. The molecule has 1 N–H and O–H groups in total. The molecule has 0 aromatic heterocycles. The third kappa shape index (κ3) is 6.09. The van der Waals surface area contributed by atoms with Crippen molar-refractivity contribution in [3.05, 3.63) is 33.4 Å². The number of rotatable bonds is 10. The summed E-state index contributed by atoms with van der Waals surface area (Å²) < 4.78 is 0.724. The van der Waals surface area contributed by atoms with Gasteiger partial charge in [0.05, 0.1) is 30.4 Å². The van der Waals surface area contributed by atoms with E-state index < -0.39 is 22.5 Å². The molecule has 0 bridgehead atoms. The number of benzene rings is 1. The van der Waals surface area contributed by atoms with Gasteiger partial charge in [-0.3, -0.25) is 19.7 Å². The predicted molar refractivity (Wildman–Crippen MR) is 109 cm³/mol.